The molecule has 1 heterocycles. The van der Waals surface area contributed by atoms with Gasteiger partial charge in [-0.05, 0) is 44.7 Å². The van der Waals surface area contributed by atoms with Crippen LogP contribution >= 0.6 is 0 Å². The lowest BCUT2D eigenvalue weighted by atomic mass is 9.91. The number of hydrogen-bond donors (Lipinski definition) is 0. The molecule has 0 amide bonds. The first-order valence-corrected chi connectivity index (χ1v) is 5.75. The maximum Gasteiger partial charge on any atom is 0.125 e. The fourth-order valence-corrected chi connectivity index (χ4v) is 1.41. The van der Waals surface area contributed by atoms with Crippen LogP contribution in [-0.2, 0) is 0 Å². The minimum Gasteiger partial charge on any atom is -0.241 e. The maximum absolute atomic E-state index is 4.41. The molecule has 1 aliphatic carbocycles. The van der Waals surface area contributed by atoms with Gasteiger partial charge in [0, 0.05) is 6.20 Å². The van der Waals surface area contributed by atoms with E-state index in [9.17, 15) is 0 Å². The molecule has 0 unspecified atom stereocenters. The first-order chi connectivity index (χ1) is 7.25. The number of aryl methyl sites for hydroxylation is 2. The molecule has 1 fully saturated rings. The molecule has 0 N–H and O–H groups in total. The van der Waals surface area contributed by atoms with E-state index in [1.807, 2.05) is 27.0 Å². The van der Waals surface area contributed by atoms with Gasteiger partial charge in [-0.25, -0.2) is 9.97 Å². The van der Waals surface area contributed by atoms with Crippen LogP contribution in [0.15, 0.2) is 11.8 Å². The van der Waals surface area contributed by atoms with Crippen molar-refractivity contribution in [1.29, 1.82) is 0 Å². The van der Waals surface area contributed by atoms with Crippen molar-refractivity contribution in [3.05, 3.63) is 28.9 Å². The van der Waals surface area contributed by atoms with Gasteiger partial charge < -0.3 is 0 Å². The van der Waals surface area contributed by atoms with E-state index < -0.39 is 0 Å². The molecule has 0 bridgehead atoms. The van der Waals surface area contributed by atoms with Crippen molar-refractivity contribution < 1.29 is 0 Å². The van der Waals surface area contributed by atoms with Crippen molar-refractivity contribution in [1.82, 2.24) is 9.97 Å². The van der Waals surface area contributed by atoms with Gasteiger partial charge in [0.2, 0.25) is 0 Å². The average molecular weight is 204 g/mol. The second-order valence-corrected chi connectivity index (χ2v) is 3.64. The fourth-order valence-electron chi connectivity index (χ4n) is 1.41. The summed E-state index contributed by atoms with van der Waals surface area (Å²) in [5, 5.41) is 0. The highest BCUT2D eigenvalue weighted by molar-refractivity contribution is 5.53. The highest BCUT2D eigenvalue weighted by Gasteiger charge is 2.09. The molecule has 1 saturated carbocycles. The predicted octanol–water partition coefficient (Wildman–Crippen LogP) is 3.69. The monoisotopic (exact) mass is 204 g/mol. The van der Waals surface area contributed by atoms with Gasteiger partial charge in [-0.3, -0.25) is 0 Å². The number of hydrogen-bond acceptors (Lipinski definition) is 2. The van der Waals surface area contributed by atoms with Gasteiger partial charge in [-0.1, -0.05) is 19.4 Å². The molecule has 82 valence electrons. The van der Waals surface area contributed by atoms with Gasteiger partial charge in [0.05, 0.1) is 5.69 Å². The lowest BCUT2D eigenvalue weighted by Gasteiger charge is -2.16. The molecule has 15 heavy (non-hydrogen) atoms. The second kappa shape index (κ2) is 5.64. The Balaban J connectivity index is 0.000000531. The topological polar surface area (TPSA) is 25.8 Å². The quantitative estimate of drug-likeness (QED) is 0.697. The van der Waals surface area contributed by atoms with E-state index in [0.717, 1.165) is 11.5 Å². The van der Waals surface area contributed by atoms with E-state index in [0.29, 0.717) is 0 Å². The number of aromatic nitrogens is 2. The minimum absolute atomic E-state index is 0.858. The zero-order chi connectivity index (χ0) is 11.3. The van der Waals surface area contributed by atoms with E-state index in [-0.39, 0.29) is 0 Å². The van der Waals surface area contributed by atoms with E-state index in [1.165, 1.54) is 30.4 Å². The molecule has 1 aliphatic rings. The van der Waals surface area contributed by atoms with Gasteiger partial charge in [-0.15, -0.1) is 0 Å². The Bertz CT molecular complexity index is 348. The average Bonchev–Trinajstić information content (AvgIpc) is 2.20. The van der Waals surface area contributed by atoms with Crippen LogP contribution in [0.2, 0.25) is 0 Å². The van der Waals surface area contributed by atoms with Crippen molar-refractivity contribution in [2.24, 2.45) is 0 Å². The molecule has 1 aromatic rings. The second-order valence-electron chi connectivity index (χ2n) is 3.64. The van der Waals surface area contributed by atoms with Crippen LogP contribution in [0.5, 0.6) is 0 Å². The Morgan fingerprint density at radius 1 is 1.20 bits per heavy atom. The molecule has 0 spiro atoms. The first-order valence-electron chi connectivity index (χ1n) is 5.75. The van der Waals surface area contributed by atoms with Crippen molar-refractivity contribution in [3.8, 4) is 0 Å². The zero-order valence-corrected chi connectivity index (χ0v) is 10.2. The van der Waals surface area contributed by atoms with Crippen LogP contribution in [-0.4, -0.2) is 9.97 Å². The van der Waals surface area contributed by atoms with Crippen LogP contribution in [0.1, 0.15) is 50.2 Å². The zero-order valence-electron chi connectivity index (χ0n) is 10.2. The Morgan fingerprint density at radius 3 is 2.40 bits per heavy atom. The van der Waals surface area contributed by atoms with Crippen LogP contribution < -0.4 is 0 Å². The first kappa shape index (κ1) is 11.9. The van der Waals surface area contributed by atoms with Crippen LogP contribution in [0.4, 0.5) is 0 Å². The summed E-state index contributed by atoms with van der Waals surface area (Å²) in [4.78, 5) is 8.56. The van der Waals surface area contributed by atoms with E-state index in [1.54, 1.807) is 0 Å². The molecule has 0 atom stereocenters. The van der Waals surface area contributed by atoms with Crippen molar-refractivity contribution in [3.63, 3.8) is 0 Å². The molecule has 0 saturated heterocycles. The van der Waals surface area contributed by atoms with Crippen molar-refractivity contribution >= 4 is 6.08 Å². The van der Waals surface area contributed by atoms with Gasteiger partial charge in [0.25, 0.3) is 0 Å². The van der Waals surface area contributed by atoms with Gasteiger partial charge in [-0.2, -0.15) is 0 Å². The van der Waals surface area contributed by atoms with E-state index in [2.05, 4.69) is 23.0 Å². The highest BCUT2D eigenvalue weighted by atomic mass is 14.9. The lowest BCUT2D eigenvalue weighted by molar-refractivity contribution is 0.669. The van der Waals surface area contributed by atoms with E-state index >= 15 is 0 Å². The number of nitrogens with zero attached hydrogens (tertiary/aromatic N) is 2. The van der Waals surface area contributed by atoms with Crippen LogP contribution in [0.25, 0.3) is 6.08 Å². The van der Waals surface area contributed by atoms with Crippen molar-refractivity contribution in [2.45, 2.75) is 47.0 Å². The smallest absolute Gasteiger partial charge is 0.125 e. The summed E-state index contributed by atoms with van der Waals surface area (Å²) in [5.41, 5.74) is 3.80. The fraction of sp³-hybridized carbons (Fsp3) is 0.538. The molecule has 2 heteroatoms. The van der Waals surface area contributed by atoms with Gasteiger partial charge in [0.1, 0.15) is 5.82 Å². The van der Waals surface area contributed by atoms with Gasteiger partial charge in [0.15, 0.2) is 0 Å². The standard InChI is InChI=1S/C11H14N2.C2H6/c1-8-7-12-9(2)13-11(8)6-10-4-3-5-10;1-2/h6-7H,3-5H2,1-2H3;1-2H3. The lowest BCUT2D eigenvalue weighted by Crippen LogP contribution is -1.99. The largest absolute Gasteiger partial charge is 0.241 e. The normalized spacial score (nSPS) is 13.7. The minimum atomic E-state index is 0.858. The summed E-state index contributed by atoms with van der Waals surface area (Å²) in [6.45, 7) is 7.99. The number of allylic oxidation sites excluding steroid dienone is 1. The maximum atomic E-state index is 4.41. The number of rotatable bonds is 1. The van der Waals surface area contributed by atoms with Crippen LogP contribution in [0, 0.1) is 13.8 Å². The Hall–Kier alpha value is -1.18. The molecule has 1 aromatic heterocycles. The summed E-state index contributed by atoms with van der Waals surface area (Å²) in [6.07, 6.45) is 7.96. The molecule has 2 rings (SSSR count). The summed E-state index contributed by atoms with van der Waals surface area (Å²) >= 11 is 0. The Labute approximate surface area is 92.5 Å². The molecular formula is C13H20N2. The molecule has 0 aromatic carbocycles. The third kappa shape index (κ3) is 3.15. The summed E-state index contributed by atoms with van der Waals surface area (Å²) < 4.78 is 0. The summed E-state index contributed by atoms with van der Waals surface area (Å²) in [7, 11) is 0. The summed E-state index contributed by atoms with van der Waals surface area (Å²) in [5.74, 6) is 0.858. The van der Waals surface area contributed by atoms with Gasteiger partial charge >= 0.3 is 0 Å². The summed E-state index contributed by atoms with van der Waals surface area (Å²) in [6, 6.07) is 0. The molecule has 0 aliphatic heterocycles. The Morgan fingerprint density at radius 2 is 1.87 bits per heavy atom. The van der Waals surface area contributed by atoms with E-state index in [4.69, 9.17) is 0 Å². The Kier molecular flexibility index (Phi) is 4.47. The highest BCUT2D eigenvalue weighted by Crippen LogP contribution is 2.27. The third-order valence-corrected chi connectivity index (χ3v) is 2.47. The van der Waals surface area contributed by atoms with Crippen LogP contribution in [0.3, 0.4) is 0 Å². The predicted molar refractivity (Wildman–Crippen MR) is 64.7 cm³/mol. The SMILES string of the molecule is CC.Cc1ncc(C)c(C=C2CCC2)n1. The molecule has 2 nitrogen and oxygen atoms in total. The molecule has 0 radical (unpaired) electrons. The van der Waals surface area contributed by atoms with Crippen molar-refractivity contribution in [2.75, 3.05) is 0 Å². The third-order valence-electron chi connectivity index (χ3n) is 2.47. The molecular weight excluding hydrogens is 184 g/mol.